The fraction of sp³-hybridized carbons (Fsp3) is 0.200. The van der Waals surface area contributed by atoms with Gasteiger partial charge in [0, 0.05) is 19.2 Å². The van der Waals surface area contributed by atoms with Gasteiger partial charge in [0.2, 0.25) is 0 Å². The van der Waals surface area contributed by atoms with Crippen LogP contribution in [0.4, 0.5) is 10.7 Å². The highest BCUT2D eigenvalue weighted by atomic mass is 32.1. The number of nitrogens with one attached hydrogen (secondary N) is 1. The Kier molecular flexibility index (Phi) is 5.79. The maximum Gasteiger partial charge on any atom is 0.291 e. The molecule has 0 radical (unpaired) electrons. The quantitative estimate of drug-likeness (QED) is 0.468. The first-order valence-electron chi connectivity index (χ1n) is 8.74. The molecule has 3 rings (SSSR count). The van der Waals surface area contributed by atoms with E-state index in [4.69, 9.17) is 4.42 Å². The summed E-state index contributed by atoms with van der Waals surface area (Å²) in [5.41, 5.74) is 1.37. The normalized spacial score (nSPS) is 11.7. The standard InChI is InChI=1S/C20H19N3O5S/c1-12-10-17(21-19(24)16-8-5-9-28-16)29-18(12)20(25)22(3)13(2)14-6-4-7-15(11-14)23(26)27/h4-11,13H,1-3H3,(H,21,24). The number of non-ortho nitro benzene ring substituents is 1. The Morgan fingerprint density at radius 2 is 2.00 bits per heavy atom. The van der Waals surface area contributed by atoms with Gasteiger partial charge in [0.05, 0.1) is 27.1 Å². The Hall–Kier alpha value is -3.46. The number of rotatable bonds is 6. The lowest BCUT2D eigenvalue weighted by molar-refractivity contribution is -0.384. The second-order valence-electron chi connectivity index (χ2n) is 6.50. The molecule has 0 spiro atoms. The zero-order valence-electron chi connectivity index (χ0n) is 16.0. The van der Waals surface area contributed by atoms with Gasteiger partial charge in [-0.05, 0) is 43.2 Å². The summed E-state index contributed by atoms with van der Waals surface area (Å²) >= 11 is 1.17. The molecule has 0 fully saturated rings. The molecule has 1 N–H and O–H groups in total. The van der Waals surface area contributed by atoms with E-state index < -0.39 is 10.8 Å². The first-order valence-corrected chi connectivity index (χ1v) is 9.56. The monoisotopic (exact) mass is 413 g/mol. The summed E-state index contributed by atoms with van der Waals surface area (Å²) in [5.74, 6) is -0.445. The fourth-order valence-corrected chi connectivity index (χ4v) is 3.85. The van der Waals surface area contributed by atoms with Gasteiger partial charge in [-0.3, -0.25) is 19.7 Å². The van der Waals surface area contributed by atoms with Crippen LogP contribution in [0.2, 0.25) is 0 Å². The summed E-state index contributed by atoms with van der Waals surface area (Å²) in [4.78, 5) is 37.7. The smallest absolute Gasteiger partial charge is 0.291 e. The number of carbonyl (C=O) groups excluding carboxylic acids is 2. The van der Waals surface area contributed by atoms with Crippen molar-refractivity contribution in [1.29, 1.82) is 0 Å². The van der Waals surface area contributed by atoms with Crippen LogP contribution in [0.1, 0.15) is 44.3 Å². The zero-order chi connectivity index (χ0) is 21.1. The molecule has 0 aliphatic carbocycles. The van der Waals surface area contributed by atoms with Crippen molar-refractivity contribution < 1.29 is 18.9 Å². The SMILES string of the molecule is Cc1cc(NC(=O)c2ccco2)sc1C(=O)N(C)C(C)c1cccc([N+](=O)[O-])c1. The Bertz CT molecular complexity index is 1060. The fourth-order valence-electron chi connectivity index (χ4n) is 2.80. The number of benzene rings is 1. The van der Waals surface area contributed by atoms with Crippen LogP contribution in [0.5, 0.6) is 0 Å². The van der Waals surface area contributed by atoms with E-state index in [9.17, 15) is 19.7 Å². The van der Waals surface area contributed by atoms with Crippen molar-refractivity contribution in [2.75, 3.05) is 12.4 Å². The molecule has 0 aliphatic rings. The minimum absolute atomic E-state index is 0.0228. The summed E-state index contributed by atoms with van der Waals surface area (Å²) in [7, 11) is 1.64. The highest BCUT2D eigenvalue weighted by Gasteiger charge is 2.24. The van der Waals surface area contributed by atoms with Crippen LogP contribution in [-0.2, 0) is 0 Å². The number of hydrogen-bond donors (Lipinski definition) is 1. The molecule has 2 aromatic heterocycles. The summed E-state index contributed by atoms with van der Waals surface area (Å²) in [5, 5.41) is 14.3. The van der Waals surface area contributed by atoms with E-state index in [2.05, 4.69) is 5.32 Å². The molecule has 3 aromatic rings. The van der Waals surface area contributed by atoms with Crippen LogP contribution >= 0.6 is 11.3 Å². The number of nitro benzene ring substituents is 1. The molecule has 0 bridgehead atoms. The second kappa shape index (κ2) is 8.27. The van der Waals surface area contributed by atoms with Gasteiger partial charge in [0.15, 0.2) is 5.76 Å². The predicted octanol–water partition coefficient (Wildman–Crippen LogP) is 4.64. The van der Waals surface area contributed by atoms with E-state index in [1.165, 1.54) is 34.6 Å². The van der Waals surface area contributed by atoms with Crippen molar-refractivity contribution in [3.05, 3.63) is 80.6 Å². The van der Waals surface area contributed by atoms with Crippen LogP contribution < -0.4 is 5.32 Å². The molecule has 0 saturated carbocycles. The number of amides is 2. The highest BCUT2D eigenvalue weighted by molar-refractivity contribution is 7.18. The van der Waals surface area contributed by atoms with Crippen LogP contribution in [0, 0.1) is 17.0 Å². The van der Waals surface area contributed by atoms with Gasteiger partial charge in [0.25, 0.3) is 17.5 Å². The maximum atomic E-state index is 13.0. The minimum atomic E-state index is -0.463. The third-order valence-electron chi connectivity index (χ3n) is 4.56. The van der Waals surface area contributed by atoms with E-state index in [0.29, 0.717) is 15.4 Å². The molecule has 1 atom stereocenters. The van der Waals surface area contributed by atoms with E-state index in [0.717, 1.165) is 5.56 Å². The van der Waals surface area contributed by atoms with Gasteiger partial charge in [-0.1, -0.05) is 12.1 Å². The largest absolute Gasteiger partial charge is 0.459 e. The minimum Gasteiger partial charge on any atom is -0.459 e. The lowest BCUT2D eigenvalue weighted by Gasteiger charge is -2.25. The molecule has 0 saturated heterocycles. The number of nitrogens with zero attached hydrogens (tertiary/aromatic N) is 2. The molecule has 1 unspecified atom stereocenters. The number of hydrogen-bond acceptors (Lipinski definition) is 6. The lowest BCUT2D eigenvalue weighted by atomic mass is 10.1. The van der Waals surface area contributed by atoms with E-state index >= 15 is 0 Å². The van der Waals surface area contributed by atoms with Crippen molar-refractivity contribution in [2.45, 2.75) is 19.9 Å². The number of anilines is 1. The van der Waals surface area contributed by atoms with E-state index in [-0.39, 0.29) is 23.4 Å². The summed E-state index contributed by atoms with van der Waals surface area (Å²) in [6.07, 6.45) is 1.41. The first kappa shape index (κ1) is 20.3. The van der Waals surface area contributed by atoms with Crippen LogP contribution in [0.15, 0.2) is 53.1 Å². The Morgan fingerprint density at radius 1 is 1.24 bits per heavy atom. The zero-order valence-corrected chi connectivity index (χ0v) is 16.9. The Balaban J connectivity index is 1.77. The molecular formula is C20H19N3O5S. The third kappa shape index (κ3) is 4.35. The molecule has 150 valence electrons. The van der Waals surface area contributed by atoms with Crippen molar-refractivity contribution >= 4 is 33.8 Å². The van der Waals surface area contributed by atoms with Crippen LogP contribution in [0.3, 0.4) is 0 Å². The van der Waals surface area contributed by atoms with Gasteiger partial charge in [-0.25, -0.2) is 0 Å². The van der Waals surface area contributed by atoms with Gasteiger partial charge in [-0.15, -0.1) is 11.3 Å². The van der Waals surface area contributed by atoms with Gasteiger partial charge in [0.1, 0.15) is 0 Å². The average Bonchev–Trinajstić information content (AvgIpc) is 3.36. The molecule has 9 heteroatoms. The lowest BCUT2D eigenvalue weighted by Crippen LogP contribution is -2.29. The summed E-state index contributed by atoms with van der Waals surface area (Å²) in [6, 6.07) is 10.7. The van der Waals surface area contributed by atoms with Crippen molar-refractivity contribution in [1.82, 2.24) is 4.90 Å². The highest BCUT2D eigenvalue weighted by Crippen LogP contribution is 2.31. The van der Waals surface area contributed by atoms with Crippen LogP contribution in [-0.4, -0.2) is 28.7 Å². The Labute approximate surface area is 170 Å². The van der Waals surface area contributed by atoms with Gasteiger partial charge >= 0.3 is 0 Å². The summed E-state index contributed by atoms with van der Waals surface area (Å²) < 4.78 is 5.07. The Morgan fingerprint density at radius 3 is 2.66 bits per heavy atom. The molecule has 2 heterocycles. The molecular weight excluding hydrogens is 394 g/mol. The first-order chi connectivity index (χ1) is 13.8. The van der Waals surface area contributed by atoms with E-state index in [1.54, 1.807) is 51.2 Å². The number of aryl methyl sites for hydroxylation is 1. The molecule has 0 aliphatic heterocycles. The second-order valence-corrected chi connectivity index (χ2v) is 7.55. The number of furan rings is 1. The van der Waals surface area contributed by atoms with Crippen molar-refractivity contribution in [3.63, 3.8) is 0 Å². The predicted molar refractivity (Wildman–Crippen MR) is 109 cm³/mol. The maximum absolute atomic E-state index is 13.0. The van der Waals surface area contributed by atoms with Crippen molar-refractivity contribution in [3.8, 4) is 0 Å². The van der Waals surface area contributed by atoms with Crippen molar-refractivity contribution in [2.24, 2.45) is 0 Å². The molecule has 29 heavy (non-hydrogen) atoms. The molecule has 1 aromatic carbocycles. The average molecular weight is 413 g/mol. The van der Waals surface area contributed by atoms with Crippen LogP contribution in [0.25, 0.3) is 0 Å². The number of nitro groups is 1. The molecule has 2 amide bonds. The van der Waals surface area contributed by atoms with Gasteiger partial charge in [-0.2, -0.15) is 0 Å². The topological polar surface area (TPSA) is 106 Å². The molecule has 8 nitrogen and oxygen atoms in total. The third-order valence-corrected chi connectivity index (χ3v) is 5.70. The summed E-state index contributed by atoms with van der Waals surface area (Å²) in [6.45, 7) is 3.59. The van der Waals surface area contributed by atoms with E-state index in [1.807, 2.05) is 0 Å². The number of thiophene rings is 1. The number of carbonyl (C=O) groups is 2. The van der Waals surface area contributed by atoms with Gasteiger partial charge < -0.3 is 14.6 Å².